The molecular formula is C19H18N6OS2. The highest BCUT2D eigenvalue weighted by molar-refractivity contribution is 8.00. The zero-order chi connectivity index (χ0) is 19.7. The lowest BCUT2D eigenvalue weighted by Crippen LogP contribution is -2.14. The van der Waals surface area contributed by atoms with Crippen LogP contribution in [0.5, 0.6) is 0 Å². The number of amides is 1. The molecule has 0 saturated carbocycles. The molecule has 142 valence electrons. The number of nitrogens with zero attached hydrogens (tertiary/aromatic N) is 5. The van der Waals surface area contributed by atoms with E-state index < -0.39 is 0 Å². The second-order valence-electron chi connectivity index (χ2n) is 6.37. The molecule has 28 heavy (non-hydrogen) atoms. The highest BCUT2D eigenvalue weighted by Crippen LogP contribution is 2.26. The van der Waals surface area contributed by atoms with Gasteiger partial charge >= 0.3 is 0 Å². The van der Waals surface area contributed by atoms with Crippen molar-refractivity contribution in [3.63, 3.8) is 0 Å². The Balaban J connectivity index is 1.54. The summed E-state index contributed by atoms with van der Waals surface area (Å²) in [5.74, 6) is 0.118. The van der Waals surface area contributed by atoms with Crippen LogP contribution in [0.1, 0.15) is 16.8 Å². The molecular weight excluding hydrogens is 392 g/mol. The molecule has 1 amide bonds. The van der Waals surface area contributed by atoms with Crippen LogP contribution < -0.4 is 5.32 Å². The van der Waals surface area contributed by atoms with Crippen LogP contribution in [0.15, 0.2) is 41.1 Å². The topological polar surface area (TPSA) is 85.6 Å². The molecule has 9 heteroatoms. The minimum absolute atomic E-state index is 0.118. The summed E-state index contributed by atoms with van der Waals surface area (Å²) in [4.78, 5) is 25.2. The number of hydrogen-bond acceptors (Lipinski definition) is 7. The number of carbonyl (C=O) groups is 1. The van der Waals surface area contributed by atoms with E-state index in [0.29, 0.717) is 5.13 Å². The molecule has 7 nitrogen and oxygen atoms in total. The first-order chi connectivity index (χ1) is 13.5. The number of benzene rings is 1. The van der Waals surface area contributed by atoms with Crippen molar-refractivity contribution in [2.75, 3.05) is 11.1 Å². The van der Waals surface area contributed by atoms with Gasteiger partial charge in [-0.1, -0.05) is 17.8 Å². The number of anilines is 1. The number of aromatic nitrogens is 5. The summed E-state index contributed by atoms with van der Waals surface area (Å²) in [5, 5.41) is 11.4. The smallest absolute Gasteiger partial charge is 0.236 e. The third-order valence-corrected chi connectivity index (χ3v) is 6.15. The quantitative estimate of drug-likeness (QED) is 0.396. The van der Waals surface area contributed by atoms with E-state index in [2.05, 4.69) is 51.3 Å². The number of aryl methyl sites for hydroxylation is 3. The largest absolute Gasteiger partial charge is 0.301 e. The number of thiazole rings is 1. The fourth-order valence-electron chi connectivity index (χ4n) is 2.68. The molecule has 0 aliphatic rings. The maximum atomic E-state index is 12.2. The van der Waals surface area contributed by atoms with E-state index in [1.807, 2.05) is 18.4 Å². The zero-order valence-corrected chi connectivity index (χ0v) is 17.3. The van der Waals surface area contributed by atoms with Crippen LogP contribution >= 0.6 is 23.1 Å². The summed E-state index contributed by atoms with van der Waals surface area (Å²) >= 11 is 2.77. The van der Waals surface area contributed by atoms with Gasteiger partial charge in [0.05, 0.1) is 28.7 Å². The number of fused-ring (bicyclic) bond motifs is 1. The van der Waals surface area contributed by atoms with Gasteiger partial charge in [-0.25, -0.2) is 19.6 Å². The molecule has 0 fully saturated rings. The Hall–Kier alpha value is -2.78. The predicted molar refractivity (Wildman–Crippen MR) is 112 cm³/mol. The minimum atomic E-state index is -0.118. The lowest BCUT2D eigenvalue weighted by atomic mass is 10.1. The van der Waals surface area contributed by atoms with Gasteiger partial charge < -0.3 is 5.32 Å². The lowest BCUT2D eigenvalue weighted by Gasteiger charge is -2.07. The average molecular weight is 411 g/mol. The van der Waals surface area contributed by atoms with Gasteiger partial charge in [-0.2, -0.15) is 5.10 Å². The van der Waals surface area contributed by atoms with Gasteiger partial charge in [-0.05, 0) is 44.0 Å². The normalized spacial score (nSPS) is 11.1. The van der Waals surface area contributed by atoms with E-state index in [1.165, 1.54) is 40.6 Å². The molecule has 0 atom stereocenters. The molecule has 4 rings (SSSR count). The minimum Gasteiger partial charge on any atom is -0.301 e. The first-order valence-electron chi connectivity index (χ1n) is 8.62. The van der Waals surface area contributed by atoms with Crippen molar-refractivity contribution in [2.45, 2.75) is 25.8 Å². The first kappa shape index (κ1) is 18.6. The molecule has 3 aromatic heterocycles. The second kappa shape index (κ2) is 7.69. The molecule has 1 N–H and O–H groups in total. The SMILES string of the molecule is Cc1csc(NC(=O)CSc2ncnc3c2cnn3-c2ccc(C)c(C)c2)n1. The fraction of sp³-hybridized carbons (Fsp3) is 0.211. The Morgan fingerprint density at radius 3 is 2.82 bits per heavy atom. The number of rotatable bonds is 5. The van der Waals surface area contributed by atoms with Crippen LogP contribution in [0.3, 0.4) is 0 Å². The Labute approximate surface area is 170 Å². The highest BCUT2D eigenvalue weighted by atomic mass is 32.2. The van der Waals surface area contributed by atoms with Gasteiger partial charge in [0, 0.05) is 5.38 Å². The Morgan fingerprint density at radius 1 is 1.21 bits per heavy atom. The molecule has 3 heterocycles. The molecule has 4 aromatic rings. The first-order valence-corrected chi connectivity index (χ1v) is 10.5. The van der Waals surface area contributed by atoms with E-state index in [1.54, 1.807) is 10.9 Å². The predicted octanol–water partition coefficient (Wildman–Crippen LogP) is 3.93. The van der Waals surface area contributed by atoms with Gasteiger partial charge in [0.1, 0.15) is 11.4 Å². The van der Waals surface area contributed by atoms with Gasteiger partial charge in [-0.15, -0.1) is 11.3 Å². The summed E-state index contributed by atoms with van der Waals surface area (Å²) in [5.41, 5.74) is 4.98. The zero-order valence-electron chi connectivity index (χ0n) is 15.6. The third-order valence-electron chi connectivity index (χ3n) is 4.27. The third kappa shape index (κ3) is 3.76. The molecule has 0 bridgehead atoms. The molecule has 1 aromatic carbocycles. The molecule has 0 radical (unpaired) electrons. The van der Waals surface area contributed by atoms with Crippen LogP contribution in [-0.2, 0) is 4.79 Å². The fourth-order valence-corrected chi connectivity index (χ4v) is 4.15. The van der Waals surface area contributed by atoms with Crippen LogP contribution in [0.2, 0.25) is 0 Å². The molecule has 0 spiro atoms. The molecule has 0 saturated heterocycles. The van der Waals surface area contributed by atoms with Crippen molar-refractivity contribution in [3.8, 4) is 5.69 Å². The Kier molecular flexibility index (Phi) is 5.10. The lowest BCUT2D eigenvalue weighted by molar-refractivity contribution is -0.113. The number of thioether (sulfide) groups is 1. The van der Waals surface area contributed by atoms with Crippen molar-refractivity contribution >= 4 is 45.2 Å². The van der Waals surface area contributed by atoms with E-state index in [0.717, 1.165) is 27.4 Å². The van der Waals surface area contributed by atoms with Gasteiger partial charge in [0.15, 0.2) is 10.8 Å². The standard InChI is InChI=1S/C19H18N6OS2/c1-11-4-5-14(6-12(11)2)25-17-15(7-22-25)18(21-10-20-17)27-9-16(26)24-19-23-13(3)8-28-19/h4-8,10H,9H2,1-3H3,(H,23,24,26). The van der Waals surface area contributed by atoms with Gasteiger partial charge in [0.25, 0.3) is 0 Å². The van der Waals surface area contributed by atoms with Crippen molar-refractivity contribution in [2.24, 2.45) is 0 Å². The van der Waals surface area contributed by atoms with Crippen molar-refractivity contribution in [3.05, 3.63) is 52.9 Å². The summed E-state index contributed by atoms with van der Waals surface area (Å²) in [6.07, 6.45) is 3.25. The maximum Gasteiger partial charge on any atom is 0.236 e. The maximum absolute atomic E-state index is 12.2. The number of carbonyl (C=O) groups excluding carboxylic acids is 1. The Morgan fingerprint density at radius 2 is 2.07 bits per heavy atom. The summed E-state index contributed by atoms with van der Waals surface area (Å²) in [7, 11) is 0. The Bertz CT molecular complexity index is 1170. The van der Waals surface area contributed by atoms with E-state index in [-0.39, 0.29) is 11.7 Å². The second-order valence-corrected chi connectivity index (χ2v) is 8.19. The van der Waals surface area contributed by atoms with Crippen molar-refractivity contribution in [1.82, 2.24) is 24.7 Å². The van der Waals surface area contributed by atoms with E-state index >= 15 is 0 Å². The van der Waals surface area contributed by atoms with Crippen molar-refractivity contribution < 1.29 is 4.79 Å². The molecule has 0 aliphatic heterocycles. The van der Waals surface area contributed by atoms with E-state index in [4.69, 9.17) is 0 Å². The van der Waals surface area contributed by atoms with Crippen LogP contribution in [0.25, 0.3) is 16.7 Å². The van der Waals surface area contributed by atoms with Crippen LogP contribution in [-0.4, -0.2) is 36.4 Å². The number of nitrogens with one attached hydrogen (secondary N) is 1. The van der Waals surface area contributed by atoms with Gasteiger partial charge in [0.2, 0.25) is 5.91 Å². The summed E-state index contributed by atoms with van der Waals surface area (Å²) < 4.78 is 1.80. The summed E-state index contributed by atoms with van der Waals surface area (Å²) in [6, 6.07) is 6.17. The van der Waals surface area contributed by atoms with Crippen LogP contribution in [0.4, 0.5) is 5.13 Å². The molecule has 0 unspecified atom stereocenters. The van der Waals surface area contributed by atoms with E-state index in [9.17, 15) is 4.79 Å². The average Bonchev–Trinajstić information content (AvgIpc) is 3.28. The van der Waals surface area contributed by atoms with Gasteiger partial charge in [-0.3, -0.25) is 4.79 Å². The highest BCUT2D eigenvalue weighted by Gasteiger charge is 2.14. The molecule has 0 aliphatic carbocycles. The monoisotopic (exact) mass is 410 g/mol. The van der Waals surface area contributed by atoms with Crippen molar-refractivity contribution in [1.29, 1.82) is 0 Å². The number of hydrogen-bond donors (Lipinski definition) is 1. The summed E-state index contributed by atoms with van der Waals surface area (Å²) in [6.45, 7) is 6.05. The van der Waals surface area contributed by atoms with Crippen LogP contribution in [0, 0.1) is 20.8 Å².